The first-order chi connectivity index (χ1) is 12.9. The molecule has 1 aromatic rings. The van der Waals surface area contributed by atoms with Gasteiger partial charge in [-0.1, -0.05) is 11.6 Å². The number of urea groups is 1. The van der Waals surface area contributed by atoms with Gasteiger partial charge in [-0.3, -0.25) is 14.5 Å². The van der Waals surface area contributed by atoms with Gasteiger partial charge in [0.15, 0.2) is 6.61 Å². The molecule has 1 heterocycles. The van der Waals surface area contributed by atoms with Crippen LogP contribution in [0.1, 0.15) is 16.8 Å². The third-order valence-corrected chi connectivity index (χ3v) is 4.70. The van der Waals surface area contributed by atoms with Crippen LogP contribution in [0, 0.1) is 0 Å². The summed E-state index contributed by atoms with van der Waals surface area (Å²) in [6.07, 6.45) is 2.22. The summed E-state index contributed by atoms with van der Waals surface area (Å²) in [4.78, 5) is 49.0. The van der Waals surface area contributed by atoms with Crippen LogP contribution in [0.3, 0.4) is 0 Å². The molecule has 0 saturated carbocycles. The monoisotopic (exact) mass is 413 g/mol. The van der Waals surface area contributed by atoms with Crippen LogP contribution in [0.2, 0.25) is 5.02 Å². The number of ether oxygens (including phenoxy) is 1. The molecule has 1 aliphatic heterocycles. The average Bonchev–Trinajstić information content (AvgIpc) is 3.09. The van der Waals surface area contributed by atoms with Gasteiger partial charge < -0.3 is 15.4 Å². The second-order valence-corrected chi connectivity index (χ2v) is 7.12. The van der Waals surface area contributed by atoms with Crippen molar-refractivity contribution in [2.75, 3.05) is 31.7 Å². The fourth-order valence-corrected chi connectivity index (χ4v) is 2.95. The molecule has 0 spiro atoms. The van der Waals surface area contributed by atoms with Crippen molar-refractivity contribution in [1.29, 1.82) is 0 Å². The molecule has 1 atom stereocenters. The summed E-state index contributed by atoms with van der Waals surface area (Å²) in [7, 11) is 0. The van der Waals surface area contributed by atoms with Gasteiger partial charge in [0.25, 0.3) is 11.8 Å². The van der Waals surface area contributed by atoms with Crippen molar-refractivity contribution in [2.45, 2.75) is 12.5 Å². The lowest BCUT2D eigenvalue weighted by Gasteiger charge is -2.18. The van der Waals surface area contributed by atoms with E-state index >= 15 is 0 Å². The zero-order valence-electron chi connectivity index (χ0n) is 14.7. The van der Waals surface area contributed by atoms with E-state index in [4.69, 9.17) is 16.3 Å². The van der Waals surface area contributed by atoms with Crippen molar-refractivity contribution < 1.29 is 23.9 Å². The van der Waals surface area contributed by atoms with E-state index < -0.39 is 36.5 Å². The van der Waals surface area contributed by atoms with Gasteiger partial charge in [-0.2, -0.15) is 11.8 Å². The third-order valence-electron chi connectivity index (χ3n) is 3.80. The van der Waals surface area contributed by atoms with Gasteiger partial charge in [0.1, 0.15) is 6.04 Å². The summed E-state index contributed by atoms with van der Waals surface area (Å²) in [5, 5.41) is 5.60. The van der Waals surface area contributed by atoms with Gasteiger partial charge in [0, 0.05) is 23.7 Å². The summed E-state index contributed by atoms with van der Waals surface area (Å²) >= 11 is 7.32. The van der Waals surface area contributed by atoms with E-state index in [2.05, 4.69) is 10.6 Å². The van der Waals surface area contributed by atoms with Crippen molar-refractivity contribution in [3.8, 4) is 0 Å². The topological polar surface area (TPSA) is 105 Å². The van der Waals surface area contributed by atoms with Crippen molar-refractivity contribution in [1.82, 2.24) is 15.5 Å². The van der Waals surface area contributed by atoms with E-state index in [0.29, 0.717) is 29.3 Å². The number of amides is 4. The minimum atomic E-state index is -0.902. The summed E-state index contributed by atoms with van der Waals surface area (Å²) in [5.41, 5.74) is 0.353. The third kappa shape index (κ3) is 6.14. The van der Waals surface area contributed by atoms with E-state index in [9.17, 15) is 19.2 Å². The number of carbonyl (C=O) groups excluding carboxylic acids is 4. The van der Waals surface area contributed by atoms with Crippen molar-refractivity contribution >= 4 is 47.2 Å². The first kappa shape index (κ1) is 21.0. The quantitative estimate of drug-likeness (QED) is 0.622. The number of nitrogens with one attached hydrogen (secondary N) is 2. The molecule has 2 N–H and O–H groups in total. The Kier molecular flexibility index (Phi) is 7.93. The van der Waals surface area contributed by atoms with Crippen LogP contribution < -0.4 is 10.6 Å². The van der Waals surface area contributed by atoms with Gasteiger partial charge in [0.05, 0.1) is 0 Å². The highest BCUT2D eigenvalue weighted by atomic mass is 35.5. The summed E-state index contributed by atoms with van der Waals surface area (Å²) < 4.78 is 5.02. The van der Waals surface area contributed by atoms with Crippen LogP contribution in [-0.4, -0.2) is 66.5 Å². The normalized spacial score (nSPS) is 14.4. The Morgan fingerprint density at radius 2 is 2.04 bits per heavy atom. The Labute approximate surface area is 165 Å². The minimum Gasteiger partial charge on any atom is -0.454 e. The van der Waals surface area contributed by atoms with Crippen LogP contribution in [0.5, 0.6) is 0 Å². The van der Waals surface area contributed by atoms with E-state index in [0.717, 1.165) is 4.90 Å². The van der Waals surface area contributed by atoms with E-state index in [1.807, 2.05) is 6.26 Å². The second-order valence-electron chi connectivity index (χ2n) is 5.70. The smallest absolute Gasteiger partial charge is 0.329 e. The van der Waals surface area contributed by atoms with Crippen LogP contribution in [0.25, 0.3) is 0 Å². The van der Waals surface area contributed by atoms with E-state index in [1.54, 1.807) is 24.3 Å². The summed E-state index contributed by atoms with van der Waals surface area (Å²) in [5.74, 6) is -1.16. The maximum atomic E-state index is 12.3. The number of hydrogen-bond acceptors (Lipinski definition) is 6. The molecule has 10 heteroatoms. The first-order valence-corrected chi connectivity index (χ1v) is 9.99. The Balaban J connectivity index is 1.94. The Morgan fingerprint density at radius 3 is 2.63 bits per heavy atom. The van der Waals surface area contributed by atoms with Gasteiger partial charge in [-0.15, -0.1) is 0 Å². The Morgan fingerprint density at radius 1 is 1.33 bits per heavy atom. The van der Waals surface area contributed by atoms with E-state index in [-0.39, 0.29) is 6.54 Å². The standard InChI is InChI=1S/C17H20ClN3O5S/c1-27-9-6-13(20-15(23)11-2-4-12(18)5-3-11)16(24)26-10-14(22)21-8-7-19-17(21)25/h2-5,13H,6-10H2,1H3,(H,19,25)(H,20,23)/t13-/m1/s1. The highest BCUT2D eigenvalue weighted by molar-refractivity contribution is 7.98. The zero-order chi connectivity index (χ0) is 19.8. The molecular weight excluding hydrogens is 394 g/mol. The molecule has 4 amide bonds. The fourth-order valence-electron chi connectivity index (χ4n) is 2.35. The molecule has 2 rings (SSSR count). The molecule has 0 unspecified atom stereocenters. The second kappa shape index (κ2) is 10.2. The number of hydrogen-bond donors (Lipinski definition) is 2. The molecule has 0 bridgehead atoms. The molecule has 1 saturated heterocycles. The predicted octanol–water partition coefficient (Wildman–Crippen LogP) is 1.29. The molecule has 146 valence electrons. The lowest BCUT2D eigenvalue weighted by Crippen LogP contribution is -2.44. The zero-order valence-corrected chi connectivity index (χ0v) is 16.3. The van der Waals surface area contributed by atoms with E-state index in [1.165, 1.54) is 11.8 Å². The Bertz CT molecular complexity index is 713. The molecular formula is C17H20ClN3O5S. The molecule has 27 heavy (non-hydrogen) atoms. The van der Waals surface area contributed by atoms with Crippen LogP contribution in [0.4, 0.5) is 4.79 Å². The highest BCUT2D eigenvalue weighted by Gasteiger charge is 2.28. The molecule has 0 radical (unpaired) electrons. The molecule has 1 fully saturated rings. The highest BCUT2D eigenvalue weighted by Crippen LogP contribution is 2.11. The van der Waals surface area contributed by atoms with Gasteiger partial charge in [0.2, 0.25) is 0 Å². The van der Waals surface area contributed by atoms with Gasteiger partial charge >= 0.3 is 12.0 Å². The molecule has 8 nitrogen and oxygen atoms in total. The summed E-state index contributed by atoms with van der Waals surface area (Å²) in [6, 6.07) is 4.83. The number of thioether (sulfide) groups is 1. The average molecular weight is 414 g/mol. The number of carbonyl (C=O) groups is 4. The van der Waals surface area contributed by atoms with Crippen LogP contribution in [0.15, 0.2) is 24.3 Å². The number of nitrogens with zero attached hydrogens (tertiary/aromatic N) is 1. The number of imide groups is 1. The van der Waals surface area contributed by atoms with Crippen molar-refractivity contribution in [3.63, 3.8) is 0 Å². The van der Waals surface area contributed by atoms with Crippen LogP contribution >= 0.6 is 23.4 Å². The van der Waals surface area contributed by atoms with Crippen molar-refractivity contribution in [2.24, 2.45) is 0 Å². The molecule has 1 aliphatic rings. The van der Waals surface area contributed by atoms with Gasteiger partial charge in [-0.05, 0) is 42.7 Å². The van der Waals surface area contributed by atoms with Crippen molar-refractivity contribution in [3.05, 3.63) is 34.9 Å². The molecule has 0 aliphatic carbocycles. The maximum Gasteiger partial charge on any atom is 0.329 e. The fraction of sp³-hybridized carbons (Fsp3) is 0.412. The minimum absolute atomic E-state index is 0.235. The lowest BCUT2D eigenvalue weighted by atomic mass is 10.1. The molecule has 1 aromatic carbocycles. The lowest BCUT2D eigenvalue weighted by molar-refractivity contribution is -0.152. The SMILES string of the molecule is CSCC[C@@H](NC(=O)c1ccc(Cl)cc1)C(=O)OCC(=O)N1CCNC1=O. The number of halogens is 1. The number of rotatable bonds is 8. The number of benzene rings is 1. The van der Waals surface area contributed by atoms with Gasteiger partial charge in [-0.25, -0.2) is 9.59 Å². The predicted molar refractivity (Wildman–Crippen MR) is 102 cm³/mol. The number of esters is 1. The Hall–Kier alpha value is -2.26. The molecule has 0 aromatic heterocycles. The van der Waals surface area contributed by atoms with Crippen LogP contribution in [-0.2, 0) is 14.3 Å². The summed E-state index contributed by atoms with van der Waals surface area (Å²) in [6.45, 7) is 0.0449. The first-order valence-electron chi connectivity index (χ1n) is 8.22. The largest absolute Gasteiger partial charge is 0.454 e. The maximum absolute atomic E-state index is 12.3.